The molecule has 1 aromatic rings. The lowest BCUT2D eigenvalue weighted by Crippen LogP contribution is -1.92. The Morgan fingerprint density at radius 3 is 2.39 bits per heavy atom. The smallest absolute Gasteiger partial charge is 0.123 e. The van der Waals surface area contributed by atoms with Gasteiger partial charge in [0.25, 0.3) is 0 Å². The topological polar surface area (TPSA) is 20.2 Å². The summed E-state index contributed by atoms with van der Waals surface area (Å²) in [7, 11) is 0. The fourth-order valence-corrected chi connectivity index (χ4v) is 2.80. The Balaban J connectivity index is 2.65. The van der Waals surface area contributed by atoms with E-state index in [0.29, 0.717) is 5.75 Å². The molecule has 0 aliphatic heterocycles. The monoisotopic (exact) mass is 240 g/mol. The van der Waals surface area contributed by atoms with Gasteiger partial charge in [0.2, 0.25) is 0 Å². The van der Waals surface area contributed by atoms with E-state index in [4.69, 9.17) is 0 Å². The molecule has 94 valence electrons. The summed E-state index contributed by atoms with van der Waals surface area (Å²) in [6, 6.07) is 1.91. The molecule has 0 heterocycles. The van der Waals surface area contributed by atoms with E-state index in [-0.39, 0.29) is 0 Å². The third-order valence-corrected chi connectivity index (χ3v) is 3.63. The number of hydrogen-bond acceptors (Lipinski definition) is 1. The standard InChI is InChI=1S/C17H20O/c1-5-7-13-9-14-10-16(18)15(8-6-2)12(4)17(14)11(13)3/h5-8,10,18H,9H2,1-4H3/b7-5-,8-6-. The van der Waals surface area contributed by atoms with Crippen molar-refractivity contribution in [1.82, 2.24) is 0 Å². The van der Waals surface area contributed by atoms with Crippen molar-refractivity contribution in [2.75, 3.05) is 0 Å². The minimum atomic E-state index is 0.388. The highest BCUT2D eigenvalue weighted by atomic mass is 16.3. The molecule has 1 N–H and O–H groups in total. The summed E-state index contributed by atoms with van der Waals surface area (Å²) in [5, 5.41) is 10.1. The molecule has 0 fully saturated rings. The van der Waals surface area contributed by atoms with Crippen LogP contribution in [-0.4, -0.2) is 5.11 Å². The Morgan fingerprint density at radius 1 is 1.11 bits per heavy atom. The Kier molecular flexibility index (Phi) is 3.42. The van der Waals surface area contributed by atoms with E-state index in [0.717, 1.165) is 12.0 Å². The molecule has 0 atom stereocenters. The van der Waals surface area contributed by atoms with Crippen molar-refractivity contribution < 1.29 is 5.11 Å². The summed E-state index contributed by atoms with van der Waals surface area (Å²) in [6.45, 7) is 8.28. The second-order valence-corrected chi connectivity index (χ2v) is 4.80. The highest BCUT2D eigenvalue weighted by Crippen LogP contribution is 2.40. The van der Waals surface area contributed by atoms with Gasteiger partial charge < -0.3 is 5.11 Å². The summed E-state index contributed by atoms with van der Waals surface area (Å²) in [4.78, 5) is 0. The second kappa shape index (κ2) is 4.85. The van der Waals surface area contributed by atoms with Gasteiger partial charge in [0, 0.05) is 5.56 Å². The van der Waals surface area contributed by atoms with Crippen LogP contribution in [0.5, 0.6) is 5.75 Å². The van der Waals surface area contributed by atoms with E-state index < -0.39 is 0 Å². The lowest BCUT2D eigenvalue weighted by molar-refractivity contribution is 0.473. The van der Waals surface area contributed by atoms with Gasteiger partial charge >= 0.3 is 0 Å². The Morgan fingerprint density at radius 2 is 1.78 bits per heavy atom. The summed E-state index contributed by atoms with van der Waals surface area (Å²) in [5.41, 5.74) is 7.37. The largest absolute Gasteiger partial charge is 0.507 e. The molecule has 2 rings (SSSR count). The molecule has 0 saturated heterocycles. The first-order valence-corrected chi connectivity index (χ1v) is 6.41. The molecule has 1 aliphatic carbocycles. The zero-order valence-electron chi connectivity index (χ0n) is 11.5. The molecule has 0 spiro atoms. The summed E-state index contributed by atoms with van der Waals surface area (Å²) < 4.78 is 0. The number of allylic oxidation sites excluding steroid dienone is 5. The lowest BCUT2D eigenvalue weighted by Gasteiger charge is -2.11. The van der Waals surface area contributed by atoms with Gasteiger partial charge in [-0.1, -0.05) is 24.3 Å². The number of benzene rings is 1. The van der Waals surface area contributed by atoms with Crippen LogP contribution in [0, 0.1) is 6.92 Å². The normalized spacial score (nSPS) is 15.1. The fourth-order valence-electron chi connectivity index (χ4n) is 2.80. The number of phenols is 1. The SMILES string of the molecule is C/C=C\C1=C(C)c2c(cc(O)c(/C=C\C)c2C)C1. The summed E-state index contributed by atoms with van der Waals surface area (Å²) in [5.74, 6) is 0.388. The van der Waals surface area contributed by atoms with Crippen LogP contribution >= 0.6 is 0 Å². The van der Waals surface area contributed by atoms with Gasteiger partial charge in [-0.05, 0) is 68.0 Å². The van der Waals surface area contributed by atoms with E-state index in [2.05, 4.69) is 26.0 Å². The van der Waals surface area contributed by atoms with Gasteiger partial charge in [-0.3, -0.25) is 0 Å². The van der Waals surface area contributed by atoms with Crippen LogP contribution in [0.2, 0.25) is 0 Å². The molecule has 0 bridgehead atoms. The predicted octanol–water partition coefficient (Wildman–Crippen LogP) is 4.64. The minimum absolute atomic E-state index is 0.388. The van der Waals surface area contributed by atoms with Crippen molar-refractivity contribution in [3.63, 3.8) is 0 Å². The quantitative estimate of drug-likeness (QED) is 0.798. The third-order valence-electron chi connectivity index (χ3n) is 3.63. The van der Waals surface area contributed by atoms with Crippen LogP contribution in [0.25, 0.3) is 11.6 Å². The Bertz CT molecular complexity index is 572. The molecule has 1 nitrogen and oxygen atoms in total. The summed E-state index contributed by atoms with van der Waals surface area (Å²) in [6.07, 6.45) is 9.12. The van der Waals surface area contributed by atoms with Crippen LogP contribution < -0.4 is 0 Å². The van der Waals surface area contributed by atoms with Crippen molar-refractivity contribution in [2.24, 2.45) is 0 Å². The van der Waals surface area contributed by atoms with E-state index in [1.54, 1.807) is 0 Å². The maximum Gasteiger partial charge on any atom is 0.123 e. The van der Waals surface area contributed by atoms with Gasteiger partial charge in [0.05, 0.1) is 0 Å². The first-order valence-electron chi connectivity index (χ1n) is 6.41. The minimum Gasteiger partial charge on any atom is -0.507 e. The Labute approximate surface area is 109 Å². The first-order chi connectivity index (χ1) is 8.60. The average Bonchev–Trinajstić information content (AvgIpc) is 2.62. The molecule has 0 saturated carbocycles. The first kappa shape index (κ1) is 12.7. The van der Waals surface area contributed by atoms with Crippen molar-refractivity contribution in [3.05, 3.63) is 52.1 Å². The van der Waals surface area contributed by atoms with Crippen molar-refractivity contribution >= 4 is 11.6 Å². The highest BCUT2D eigenvalue weighted by Gasteiger charge is 2.21. The lowest BCUT2D eigenvalue weighted by atomic mass is 9.94. The zero-order chi connectivity index (χ0) is 13.3. The van der Waals surface area contributed by atoms with Crippen LogP contribution in [0.3, 0.4) is 0 Å². The molecular weight excluding hydrogens is 220 g/mol. The zero-order valence-corrected chi connectivity index (χ0v) is 11.5. The van der Waals surface area contributed by atoms with E-state index in [1.807, 2.05) is 32.1 Å². The van der Waals surface area contributed by atoms with Gasteiger partial charge in [0.1, 0.15) is 5.75 Å². The molecule has 0 radical (unpaired) electrons. The number of fused-ring (bicyclic) bond motifs is 1. The number of hydrogen-bond donors (Lipinski definition) is 1. The maximum absolute atomic E-state index is 10.1. The molecule has 0 unspecified atom stereocenters. The molecular formula is C17H20O. The number of phenolic OH excluding ortho intramolecular Hbond substituents is 1. The van der Waals surface area contributed by atoms with Crippen molar-refractivity contribution in [2.45, 2.75) is 34.1 Å². The van der Waals surface area contributed by atoms with Crippen LogP contribution in [0.1, 0.15) is 43.0 Å². The van der Waals surface area contributed by atoms with E-state index in [1.165, 1.54) is 27.8 Å². The highest BCUT2D eigenvalue weighted by molar-refractivity contribution is 5.82. The summed E-state index contributed by atoms with van der Waals surface area (Å²) >= 11 is 0. The molecule has 0 amide bonds. The molecule has 1 aliphatic rings. The average molecular weight is 240 g/mol. The molecule has 18 heavy (non-hydrogen) atoms. The van der Waals surface area contributed by atoms with Crippen molar-refractivity contribution in [1.29, 1.82) is 0 Å². The van der Waals surface area contributed by atoms with Crippen LogP contribution in [0.4, 0.5) is 0 Å². The predicted molar refractivity (Wildman–Crippen MR) is 78.7 cm³/mol. The van der Waals surface area contributed by atoms with Gasteiger partial charge in [-0.2, -0.15) is 0 Å². The molecule has 1 aromatic carbocycles. The van der Waals surface area contributed by atoms with Gasteiger partial charge in [-0.25, -0.2) is 0 Å². The fraction of sp³-hybridized carbons (Fsp3) is 0.294. The number of rotatable bonds is 2. The van der Waals surface area contributed by atoms with Gasteiger partial charge in [-0.15, -0.1) is 0 Å². The second-order valence-electron chi connectivity index (χ2n) is 4.80. The van der Waals surface area contributed by atoms with Crippen LogP contribution in [-0.2, 0) is 6.42 Å². The van der Waals surface area contributed by atoms with Crippen molar-refractivity contribution in [3.8, 4) is 5.75 Å². The van der Waals surface area contributed by atoms with Crippen LogP contribution in [0.15, 0.2) is 29.9 Å². The van der Waals surface area contributed by atoms with E-state index in [9.17, 15) is 5.11 Å². The van der Waals surface area contributed by atoms with Gasteiger partial charge in [0.15, 0.2) is 0 Å². The molecule has 1 heteroatoms. The number of aromatic hydroxyl groups is 1. The molecule has 0 aromatic heterocycles. The van der Waals surface area contributed by atoms with E-state index >= 15 is 0 Å². The third kappa shape index (κ3) is 1.90. The maximum atomic E-state index is 10.1. The Hall–Kier alpha value is -1.76.